The number of allylic oxidation sites excluding steroid dienone is 2. The lowest BCUT2D eigenvalue weighted by Crippen LogP contribution is -1.86. The predicted octanol–water partition coefficient (Wildman–Crippen LogP) is 2.36. The van der Waals surface area contributed by atoms with E-state index in [0.717, 1.165) is 11.8 Å². The van der Waals surface area contributed by atoms with Crippen molar-refractivity contribution in [2.75, 3.05) is 0 Å². The average molecular weight is 108 g/mol. The van der Waals surface area contributed by atoms with Gasteiger partial charge in [0.2, 0.25) is 0 Å². The molecule has 0 aromatic rings. The molecule has 2 aliphatic carbocycles. The van der Waals surface area contributed by atoms with Gasteiger partial charge in [0, 0.05) is 5.92 Å². The first-order valence-corrected chi connectivity index (χ1v) is 3.48. The highest BCUT2D eigenvalue weighted by Gasteiger charge is 2.39. The first-order chi connectivity index (χ1) is 3.79. The standard InChI is InChI=1S/C8H12/c1-5-3-7-6(2)8(7)4-5/h5,7H,3-4H2,1-2H3. The summed E-state index contributed by atoms with van der Waals surface area (Å²) in [4.78, 5) is 0. The van der Waals surface area contributed by atoms with Crippen LogP contribution in [0, 0.1) is 11.8 Å². The van der Waals surface area contributed by atoms with Crippen molar-refractivity contribution in [3.05, 3.63) is 11.1 Å². The normalized spacial score (nSPS) is 42.8. The average Bonchev–Trinajstić information content (AvgIpc) is 2.29. The van der Waals surface area contributed by atoms with E-state index in [-0.39, 0.29) is 0 Å². The Balaban J connectivity index is 2.14. The zero-order chi connectivity index (χ0) is 5.72. The van der Waals surface area contributed by atoms with Crippen molar-refractivity contribution in [3.63, 3.8) is 0 Å². The van der Waals surface area contributed by atoms with E-state index in [4.69, 9.17) is 0 Å². The first kappa shape index (κ1) is 4.60. The topological polar surface area (TPSA) is 0 Å². The number of fused-ring (bicyclic) bond motifs is 1. The molecule has 8 heavy (non-hydrogen) atoms. The van der Waals surface area contributed by atoms with Gasteiger partial charge < -0.3 is 0 Å². The molecule has 1 fully saturated rings. The molecule has 0 N–H and O–H groups in total. The van der Waals surface area contributed by atoms with Gasteiger partial charge in [0.15, 0.2) is 0 Å². The van der Waals surface area contributed by atoms with E-state index in [2.05, 4.69) is 13.8 Å². The maximum Gasteiger partial charge on any atom is 0.00126 e. The SMILES string of the molecule is CC1=C2CC(C)CC12. The van der Waals surface area contributed by atoms with Crippen LogP contribution in [0.2, 0.25) is 0 Å². The maximum atomic E-state index is 2.35. The quantitative estimate of drug-likeness (QED) is 0.418. The van der Waals surface area contributed by atoms with Crippen molar-refractivity contribution in [1.82, 2.24) is 0 Å². The molecule has 0 heteroatoms. The van der Waals surface area contributed by atoms with Crippen LogP contribution < -0.4 is 0 Å². The molecule has 0 radical (unpaired) electrons. The minimum atomic E-state index is 0.991. The van der Waals surface area contributed by atoms with Crippen molar-refractivity contribution < 1.29 is 0 Å². The van der Waals surface area contributed by atoms with E-state index in [1.165, 1.54) is 12.8 Å². The zero-order valence-corrected chi connectivity index (χ0v) is 5.57. The monoisotopic (exact) mass is 108 g/mol. The molecule has 0 saturated heterocycles. The second-order valence-electron chi connectivity index (χ2n) is 3.31. The van der Waals surface area contributed by atoms with Crippen LogP contribution in [0.25, 0.3) is 0 Å². The summed E-state index contributed by atoms with van der Waals surface area (Å²) in [6.45, 7) is 4.64. The molecule has 0 amide bonds. The van der Waals surface area contributed by atoms with Gasteiger partial charge in [0.1, 0.15) is 0 Å². The number of hydrogen-bond donors (Lipinski definition) is 0. The van der Waals surface area contributed by atoms with Crippen LogP contribution >= 0.6 is 0 Å². The highest BCUT2D eigenvalue weighted by atomic mass is 14.4. The van der Waals surface area contributed by atoms with Crippen molar-refractivity contribution in [2.24, 2.45) is 11.8 Å². The van der Waals surface area contributed by atoms with Gasteiger partial charge >= 0.3 is 0 Å². The molecule has 2 atom stereocenters. The van der Waals surface area contributed by atoms with E-state index in [1.54, 1.807) is 11.1 Å². The minimum absolute atomic E-state index is 0.991. The zero-order valence-electron chi connectivity index (χ0n) is 5.57. The molecule has 44 valence electrons. The third-order valence-electron chi connectivity index (χ3n) is 2.57. The highest BCUT2D eigenvalue weighted by molar-refractivity contribution is 5.42. The summed E-state index contributed by atoms with van der Waals surface area (Å²) in [6, 6.07) is 0. The van der Waals surface area contributed by atoms with Crippen LogP contribution in [0.1, 0.15) is 26.7 Å². The largest absolute Gasteiger partial charge is 0.0663 e. The van der Waals surface area contributed by atoms with Gasteiger partial charge in [0.25, 0.3) is 0 Å². The van der Waals surface area contributed by atoms with Gasteiger partial charge in [-0.3, -0.25) is 0 Å². The Morgan fingerprint density at radius 3 is 2.62 bits per heavy atom. The second-order valence-corrected chi connectivity index (χ2v) is 3.31. The van der Waals surface area contributed by atoms with Gasteiger partial charge in [-0.15, -0.1) is 0 Å². The minimum Gasteiger partial charge on any atom is -0.0663 e. The van der Waals surface area contributed by atoms with Crippen LogP contribution in [-0.4, -0.2) is 0 Å². The molecule has 1 saturated carbocycles. The smallest absolute Gasteiger partial charge is 0.00126 e. The summed E-state index contributed by atoms with van der Waals surface area (Å²) < 4.78 is 0. The fraction of sp³-hybridized carbons (Fsp3) is 0.750. The predicted molar refractivity (Wildman–Crippen MR) is 34.6 cm³/mol. The summed E-state index contributed by atoms with van der Waals surface area (Å²) in [5.41, 5.74) is 3.50. The van der Waals surface area contributed by atoms with E-state index >= 15 is 0 Å². The third kappa shape index (κ3) is 0.410. The van der Waals surface area contributed by atoms with Gasteiger partial charge in [-0.2, -0.15) is 0 Å². The Kier molecular flexibility index (Phi) is 0.677. The summed E-state index contributed by atoms with van der Waals surface area (Å²) >= 11 is 0. The van der Waals surface area contributed by atoms with Crippen LogP contribution in [0.15, 0.2) is 11.1 Å². The molecule has 0 aromatic carbocycles. The molecule has 2 rings (SSSR count). The van der Waals surface area contributed by atoms with Gasteiger partial charge in [0.05, 0.1) is 0 Å². The summed E-state index contributed by atoms with van der Waals surface area (Å²) in [5.74, 6) is 1.99. The van der Waals surface area contributed by atoms with Gasteiger partial charge in [-0.25, -0.2) is 0 Å². The third-order valence-corrected chi connectivity index (χ3v) is 2.57. The van der Waals surface area contributed by atoms with E-state index in [9.17, 15) is 0 Å². The molecule has 0 aromatic heterocycles. The Morgan fingerprint density at radius 2 is 2.25 bits per heavy atom. The Morgan fingerprint density at radius 1 is 1.50 bits per heavy atom. The fourth-order valence-corrected chi connectivity index (χ4v) is 1.94. The van der Waals surface area contributed by atoms with Crippen molar-refractivity contribution in [1.29, 1.82) is 0 Å². The molecular weight excluding hydrogens is 96.1 g/mol. The fourth-order valence-electron chi connectivity index (χ4n) is 1.94. The number of hydrogen-bond acceptors (Lipinski definition) is 0. The van der Waals surface area contributed by atoms with Crippen LogP contribution in [0.3, 0.4) is 0 Å². The molecule has 0 heterocycles. The molecule has 2 aliphatic rings. The molecule has 0 bridgehead atoms. The molecule has 0 aliphatic heterocycles. The van der Waals surface area contributed by atoms with Crippen LogP contribution in [0.4, 0.5) is 0 Å². The van der Waals surface area contributed by atoms with Gasteiger partial charge in [-0.1, -0.05) is 18.1 Å². The Bertz CT molecular complexity index is 153. The molecular formula is C8H12. The van der Waals surface area contributed by atoms with E-state index in [1.807, 2.05) is 0 Å². The molecule has 0 nitrogen and oxygen atoms in total. The van der Waals surface area contributed by atoms with Crippen molar-refractivity contribution in [3.8, 4) is 0 Å². The Labute approximate surface area is 50.6 Å². The second kappa shape index (κ2) is 1.18. The van der Waals surface area contributed by atoms with E-state index < -0.39 is 0 Å². The van der Waals surface area contributed by atoms with Crippen molar-refractivity contribution in [2.45, 2.75) is 26.7 Å². The lowest BCUT2D eigenvalue weighted by Gasteiger charge is -1.98. The van der Waals surface area contributed by atoms with Gasteiger partial charge in [-0.05, 0) is 25.7 Å². The summed E-state index contributed by atoms with van der Waals surface area (Å²) in [5, 5.41) is 0. The van der Waals surface area contributed by atoms with E-state index in [0.29, 0.717) is 0 Å². The van der Waals surface area contributed by atoms with Crippen molar-refractivity contribution >= 4 is 0 Å². The van der Waals surface area contributed by atoms with Crippen LogP contribution in [-0.2, 0) is 0 Å². The molecule has 2 unspecified atom stereocenters. The Hall–Kier alpha value is -0.260. The number of rotatable bonds is 0. The maximum absolute atomic E-state index is 2.35. The lowest BCUT2D eigenvalue weighted by atomic mass is 10.1. The first-order valence-electron chi connectivity index (χ1n) is 3.48. The van der Waals surface area contributed by atoms with Crippen LogP contribution in [0.5, 0.6) is 0 Å². The molecule has 0 spiro atoms. The summed E-state index contributed by atoms with van der Waals surface area (Å²) in [7, 11) is 0. The highest BCUT2D eigenvalue weighted by Crippen LogP contribution is 2.53. The summed E-state index contributed by atoms with van der Waals surface area (Å²) in [6.07, 6.45) is 2.87. The lowest BCUT2D eigenvalue weighted by molar-refractivity contribution is 0.577.